The van der Waals surface area contributed by atoms with Gasteiger partial charge in [-0.2, -0.15) is 4.80 Å². The van der Waals surface area contributed by atoms with Gasteiger partial charge in [0.15, 0.2) is 5.82 Å². The van der Waals surface area contributed by atoms with Gasteiger partial charge in [0.2, 0.25) is 0 Å². The zero-order chi connectivity index (χ0) is 10.6. The van der Waals surface area contributed by atoms with E-state index in [0.717, 1.165) is 6.42 Å². The van der Waals surface area contributed by atoms with Gasteiger partial charge in [-0.1, -0.05) is 13.3 Å². The summed E-state index contributed by atoms with van der Waals surface area (Å²) in [6.45, 7) is 1.92. The molecule has 5 nitrogen and oxygen atoms in total. The van der Waals surface area contributed by atoms with E-state index in [9.17, 15) is 4.39 Å². The van der Waals surface area contributed by atoms with Crippen LogP contribution in [0.5, 0.6) is 0 Å². The number of hydrogen-bond acceptors (Lipinski definition) is 4. The van der Waals surface area contributed by atoms with Crippen molar-refractivity contribution in [3.63, 3.8) is 0 Å². The second-order valence-electron chi connectivity index (χ2n) is 3.48. The molecule has 1 aromatic rings. The Balaban J connectivity index is 2.64. The second-order valence-corrected chi connectivity index (χ2v) is 3.48. The summed E-state index contributed by atoms with van der Waals surface area (Å²) in [6, 6.07) is 0. The van der Waals surface area contributed by atoms with Crippen LogP contribution in [0.15, 0.2) is 0 Å². The van der Waals surface area contributed by atoms with Crippen LogP contribution < -0.4 is 5.73 Å². The summed E-state index contributed by atoms with van der Waals surface area (Å²) in [5.74, 6) is 0.411. The maximum absolute atomic E-state index is 14.0. The molecule has 0 saturated heterocycles. The van der Waals surface area contributed by atoms with Crippen LogP contribution in [-0.2, 0) is 13.5 Å². The molecular formula is C8H16FN5. The topological polar surface area (TPSA) is 69.6 Å². The highest BCUT2D eigenvalue weighted by Gasteiger charge is 2.29. The van der Waals surface area contributed by atoms with Gasteiger partial charge in [0.1, 0.15) is 5.67 Å². The molecule has 2 N–H and O–H groups in total. The first-order valence-corrected chi connectivity index (χ1v) is 4.71. The minimum Gasteiger partial charge on any atom is -0.328 e. The monoisotopic (exact) mass is 201 g/mol. The molecule has 1 unspecified atom stereocenters. The van der Waals surface area contributed by atoms with Crippen LogP contribution in [0.2, 0.25) is 0 Å². The van der Waals surface area contributed by atoms with Gasteiger partial charge in [0.05, 0.1) is 7.05 Å². The smallest absolute Gasteiger partial charge is 0.178 e. The number of hydrogen-bond donors (Lipinski definition) is 1. The average molecular weight is 201 g/mol. The fourth-order valence-corrected chi connectivity index (χ4v) is 1.39. The Labute approximate surface area is 82.5 Å². The molecule has 80 valence electrons. The Kier molecular flexibility index (Phi) is 3.51. The summed E-state index contributed by atoms with van der Waals surface area (Å²) >= 11 is 0. The van der Waals surface area contributed by atoms with Crippen LogP contribution in [0.3, 0.4) is 0 Å². The number of nitrogens with zero attached hydrogens (tertiary/aromatic N) is 4. The van der Waals surface area contributed by atoms with Crippen LogP contribution in [-0.4, -0.2) is 32.4 Å². The SMILES string of the molecule is CCCC(F)(CN)Cc1nnn(C)n1. The lowest BCUT2D eigenvalue weighted by molar-refractivity contribution is 0.155. The first-order valence-electron chi connectivity index (χ1n) is 4.71. The van der Waals surface area contributed by atoms with Gasteiger partial charge < -0.3 is 5.73 Å². The third-order valence-corrected chi connectivity index (χ3v) is 2.09. The molecule has 0 spiro atoms. The molecular weight excluding hydrogens is 185 g/mol. The molecule has 1 atom stereocenters. The summed E-state index contributed by atoms with van der Waals surface area (Å²) in [4.78, 5) is 1.32. The molecule has 14 heavy (non-hydrogen) atoms. The van der Waals surface area contributed by atoms with Gasteiger partial charge >= 0.3 is 0 Å². The van der Waals surface area contributed by atoms with Crippen molar-refractivity contribution in [1.82, 2.24) is 20.2 Å². The fourth-order valence-electron chi connectivity index (χ4n) is 1.39. The highest BCUT2D eigenvalue weighted by atomic mass is 19.1. The molecule has 0 aromatic carbocycles. The van der Waals surface area contributed by atoms with E-state index in [1.165, 1.54) is 4.80 Å². The first-order chi connectivity index (χ1) is 6.59. The van der Waals surface area contributed by atoms with E-state index >= 15 is 0 Å². The quantitative estimate of drug-likeness (QED) is 0.739. The van der Waals surface area contributed by atoms with Crippen LogP contribution in [0, 0.1) is 0 Å². The highest BCUT2D eigenvalue weighted by Crippen LogP contribution is 2.20. The lowest BCUT2D eigenvalue weighted by Gasteiger charge is -2.20. The van der Waals surface area contributed by atoms with Crippen molar-refractivity contribution in [3.8, 4) is 0 Å². The summed E-state index contributed by atoms with van der Waals surface area (Å²) in [5.41, 5.74) is 4.00. The van der Waals surface area contributed by atoms with Gasteiger partial charge in [-0.3, -0.25) is 0 Å². The van der Waals surface area contributed by atoms with E-state index < -0.39 is 5.67 Å². The number of rotatable bonds is 5. The molecule has 0 radical (unpaired) electrons. The minimum absolute atomic E-state index is 0.000899. The van der Waals surface area contributed by atoms with Crippen molar-refractivity contribution in [3.05, 3.63) is 5.82 Å². The number of halogens is 1. The standard InChI is InChI=1S/C8H16FN5/c1-3-4-8(9,6-10)5-7-11-13-14(2)12-7/h3-6,10H2,1-2H3. The predicted molar refractivity (Wildman–Crippen MR) is 50.3 cm³/mol. The number of tetrazole rings is 1. The Morgan fingerprint density at radius 1 is 1.57 bits per heavy atom. The van der Waals surface area contributed by atoms with Crippen LogP contribution >= 0.6 is 0 Å². The molecule has 6 heteroatoms. The fraction of sp³-hybridized carbons (Fsp3) is 0.875. The van der Waals surface area contributed by atoms with Gasteiger partial charge in [0, 0.05) is 13.0 Å². The van der Waals surface area contributed by atoms with Gasteiger partial charge in [-0.15, -0.1) is 10.2 Å². The van der Waals surface area contributed by atoms with E-state index in [1.807, 2.05) is 6.92 Å². The van der Waals surface area contributed by atoms with Gasteiger partial charge in [-0.25, -0.2) is 4.39 Å². The molecule has 0 bridgehead atoms. The molecule has 1 aromatic heterocycles. The number of nitrogens with two attached hydrogens (primary N) is 1. The Hall–Kier alpha value is -1.04. The van der Waals surface area contributed by atoms with E-state index in [2.05, 4.69) is 15.4 Å². The molecule has 0 aliphatic rings. The van der Waals surface area contributed by atoms with Crippen molar-refractivity contribution in [2.24, 2.45) is 12.8 Å². The number of alkyl halides is 1. The molecule has 0 aliphatic heterocycles. The Morgan fingerprint density at radius 2 is 2.29 bits per heavy atom. The van der Waals surface area contributed by atoms with Crippen LogP contribution in [0.25, 0.3) is 0 Å². The van der Waals surface area contributed by atoms with Crippen molar-refractivity contribution < 1.29 is 4.39 Å². The Bertz CT molecular complexity index is 287. The first kappa shape index (κ1) is 11.0. The third-order valence-electron chi connectivity index (χ3n) is 2.09. The number of aromatic nitrogens is 4. The number of aryl methyl sites for hydroxylation is 1. The molecule has 1 heterocycles. The maximum Gasteiger partial charge on any atom is 0.178 e. The lowest BCUT2D eigenvalue weighted by Crippen LogP contribution is -2.35. The average Bonchev–Trinajstić information content (AvgIpc) is 2.51. The largest absolute Gasteiger partial charge is 0.328 e. The van der Waals surface area contributed by atoms with Crippen LogP contribution in [0.1, 0.15) is 25.6 Å². The predicted octanol–water partition coefficient (Wildman–Crippen LogP) is 0.220. The minimum atomic E-state index is -1.39. The Morgan fingerprint density at radius 3 is 2.71 bits per heavy atom. The van der Waals surface area contributed by atoms with Crippen molar-refractivity contribution >= 4 is 0 Å². The molecule has 1 rings (SSSR count). The van der Waals surface area contributed by atoms with Crippen LogP contribution in [0.4, 0.5) is 4.39 Å². The molecule has 0 fully saturated rings. The summed E-state index contributed by atoms with van der Waals surface area (Å²) in [5, 5.41) is 11.3. The zero-order valence-corrected chi connectivity index (χ0v) is 8.57. The molecule has 0 aliphatic carbocycles. The van der Waals surface area contributed by atoms with Crippen molar-refractivity contribution in [2.45, 2.75) is 31.9 Å². The van der Waals surface area contributed by atoms with Crippen molar-refractivity contribution in [1.29, 1.82) is 0 Å². The normalized spacial score (nSPS) is 15.4. The maximum atomic E-state index is 14.0. The van der Waals surface area contributed by atoms with E-state index in [1.54, 1.807) is 7.05 Å². The lowest BCUT2D eigenvalue weighted by atomic mass is 9.96. The van der Waals surface area contributed by atoms with E-state index in [-0.39, 0.29) is 13.0 Å². The molecule has 0 saturated carbocycles. The summed E-state index contributed by atoms with van der Waals surface area (Å²) in [7, 11) is 1.65. The second kappa shape index (κ2) is 4.45. The van der Waals surface area contributed by atoms with Gasteiger partial charge in [0.25, 0.3) is 0 Å². The van der Waals surface area contributed by atoms with E-state index in [4.69, 9.17) is 5.73 Å². The van der Waals surface area contributed by atoms with Gasteiger partial charge in [-0.05, 0) is 11.6 Å². The van der Waals surface area contributed by atoms with E-state index in [0.29, 0.717) is 12.2 Å². The molecule has 0 amide bonds. The zero-order valence-electron chi connectivity index (χ0n) is 8.57. The van der Waals surface area contributed by atoms with Crippen molar-refractivity contribution in [2.75, 3.05) is 6.54 Å². The summed E-state index contributed by atoms with van der Waals surface area (Å²) in [6.07, 6.45) is 1.33. The highest BCUT2D eigenvalue weighted by molar-refractivity contribution is 4.92. The third kappa shape index (κ3) is 2.73. The summed E-state index contributed by atoms with van der Waals surface area (Å²) < 4.78 is 14.0.